The average Bonchev–Trinajstić information content (AvgIpc) is 2.30. The Morgan fingerprint density at radius 3 is 0.433 bits per heavy atom. The molecule has 0 aliphatic heterocycles. The van der Waals surface area contributed by atoms with Gasteiger partial charge >= 0.3 is 239 Å². The minimum atomic E-state index is -1.02. The molecule has 0 amide bonds. The van der Waals surface area contributed by atoms with Crippen LogP contribution >= 0.6 is 39.3 Å². The van der Waals surface area contributed by atoms with E-state index in [2.05, 4.69) is 157 Å². The maximum atomic E-state index is 2.84. The first-order valence-electron chi connectivity index (χ1n) is 11.5. The summed E-state index contributed by atoms with van der Waals surface area (Å²) >= 11 is 5.47. The number of rotatable bonds is 8. The van der Waals surface area contributed by atoms with Crippen molar-refractivity contribution in [1.82, 2.24) is 0 Å². The van der Waals surface area contributed by atoms with E-state index in [-0.39, 0.29) is 27.7 Å². The second-order valence-electron chi connectivity index (χ2n) is 15.3. The van der Waals surface area contributed by atoms with Crippen LogP contribution in [0.25, 0.3) is 0 Å². The molecule has 0 rings (SSSR count). The Hall–Kier alpha value is 4.03. The van der Waals surface area contributed by atoms with E-state index in [1.54, 1.807) is 0 Å². The Bertz CT molecular complexity index is 423. The van der Waals surface area contributed by atoms with Gasteiger partial charge in [-0.3, -0.25) is 0 Å². The number of hydrogen-bond acceptors (Lipinski definition) is 0. The van der Waals surface area contributed by atoms with Crippen molar-refractivity contribution in [2.75, 3.05) is 0 Å². The summed E-state index contributed by atoms with van der Waals surface area (Å²) in [6.45, 7) is 47.5. The van der Waals surface area contributed by atoms with Gasteiger partial charge in [0.1, 0.15) is 0 Å². The molecule has 178 valence electrons. The Morgan fingerprint density at radius 1 is 0.333 bits per heavy atom. The van der Waals surface area contributed by atoms with Crippen LogP contribution in [0.15, 0.2) is 0 Å². The third kappa shape index (κ3) is 7.52. The van der Waals surface area contributed by atoms with Crippen LogP contribution in [-0.2, 0) is 0 Å². The zero-order chi connectivity index (χ0) is 25.4. The molecule has 0 aromatic rings. The molecule has 0 saturated carbocycles. The van der Waals surface area contributed by atoms with E-state index < -0.39 is 48.4 Å². The van der Waals surface area contributed by atoms with Crippen molar-refractivity contribution in [3.05, 3.63) is 0 Å². The molecule has 0 aliphatic carbocycles. The van der Waals surface area contributed by atoms with Crippen molar-refractivity contribution in [2.24, 2.45) is 0 Å². The summed E-state index contributed by atoms with van der Waals surface area (Å²) in [4.78, 5) is 0. The Morgan fingerprint density at radius 2 is 0.433 bits per heavy atom. The fourth-order valence-electron chi connectivity index (χ4n) is 7.73. The van der Waals surface area contributed by atoms with Gasteiger partial charge in [-0.2, -0.15) is 0 Å². The van der Waals surface area contributed by atoms with E-state index in [1.165, 1.54) is 0 Å². The molecule has 0 bridgehead atoms. The van der Waals surface area contributed by atoms with E-state index in [4.69, 9.17) is 0 Å². The molecule has 0 aromatic carbocycles. The summed E-state index contributed by atoms with van der Waals surface area (Å²) in [6.07, 6.45) is 0. The SMILES string of the molecule is C[Si](C)(C)[C]([Ga][I])([Si](C)(C)C)[Si](C)(C)C.C[Si](C)(C)[C]([Ga][I])([Si](C)(C)C)[Si](C)(C)C. The van der Waals surface area contributed by atoms with Gasteiger partial charge in [-0.05, 0) is 0 Å². The van der Waals surface area contributed by atoms with Gasteiger partial charge < -0.3 is 0 Å². The van der Waals surface area contributed by atoms with E-state index in [0.717, 1.165) is 5.68 Å². The van der Waals surface area contributed by atoms with Crippen LogP contribution in [0.1, 0.15) is 0 Å². The third-order valence-electron chi connectivity index (χ3n) is 7.43. The summed E-state index contributed by atoms with van der Waals surface area (Å²) in [6, 6.07) is 0. The molecule has 0 saturated heterocycles. The van der Waals surface area contributed by atoms with Gasteiger partial charge in [-0.25, -0.2) is 0 Å². The van der Waals surface area contributed by atoms with Crippen molar-refractivity contribution in [1.29, 1.82) is 0 Å². The number of halogens is 2. The van der Waals surface area contributed by atoms with Gasteiger partial charge in [-0.1, -0.05) is 0 Å². The molecule has 0 aromatic heterocycles. The van der Waals surface area contributed by atoms with E-state index in [1.807, 2.05) is 0 Å². The van der Waals surface area contributed by atoms with E-state index in [9.17, 15) is 0 Å². The fourth-order valence-corrected chi connectivity index (χ4v) is 163. The molecule has 0 unspecified atom stereocenters. The second kappa shape index (κ2) is 11.6. The zero-order valence-electron chi connectivity index (χ0n) is 23.9. The van der Waals surface area contributed by atoms with Gasteiger partial charge in [0, 0.05) is 0 Å². The molecule has 0 nitrogen and oxygen atoms in total. The Labute approximate surface area is 235 Å². The molecule has 0 atom stereocenters. The minimum absolute atomic E-state index is 0.103. The molecular weight excluding hydrogens is 802 g/mol. The van der Waals surface area contributed by atoms with Crippen molar-refractivity contribution in [3.8, 4) is 0 Å². The normalized spacial score (nSPS) is 15.3. The van der Waals surface area contributed by atoms with Crippen molar-refractivity contribution >= 4 is 116 Å². The van der Waals surface area contributed by atoms with Gasteiger partial charge in [0.25, 0.3) is 0 Å². The Kier molecular flexibility index (Phi) is 14.0. The molecule has 0 fully saturated rings. The van der Waals surface area contributed by atoms with Crippen molar-refractivity contribution < 1.29 is 0 Å². The topological polar surface area (TPSA) is 0 Å². The number of hydrogen-bond donors (Lipinski definition) is 0. The van der Waals surface area contributed by atoms with Crippen LogP contribution in [0.4, 0.5) is 0 Å². The molecule has 30 heavy (non-hydrogen) atoms. The monoisotopic (exact) mass is 854 g/mol. The standard InChI is InChI=1S/2C10H27Si3.2Ga.2HI/c2*1-11(2,3)10(12(4,5)6)13(7,8)9;;;;/h2*1-9H3;;;2*1H/q;;2*+1;;/p-2. The fraction of sp³-hybridized carbons (Fsp3) is 1.00. The average molecular weight is 856 g/mol. The molecule has 0 aliphatic rings. The van der Waals surface area contributed by atoms with Gasteiger partial charge in [-0.15, -0.1) is 0 Å². The maximum absolute atomic E-state index is 2.84. The first-order valence-corrected chi connectivity index (χ1v) is 49.7. The van der Waals surface area contributed by atoms with E-state index >= 15 is 0 Å². The predicted octanol–water partition coefficient (Wildman–Crippen LogP) is 9.66. The summed E-state index contributed by atoms with van der Waals surface area (Å²) in [5.41, 5.74) is 0. The molecule has 2 radical (unpaired) electrons. The summed E-state index contributed by atoms with van der Waals surface area (Å²) in [7, 11) is -6.13. The summed E-state index contributed by atoms with van der Waals surface area (Å²) < 4.78 is 1.83. The van der Waals surface area contributed by atoms with Gasteiger partial charge in [0.2, 0.25) is 0 Å². The van der Waals surface area contributed by atoms with Crippen LogP contribution in [0.2, 0.25) is 124 Å². The summed E-state index contributed by atoms with van der Waals surface area (Å²) in [5, 5.41) is 0. The zero-order valence-corrected chi connectivity index (χ0v) is 39.1. The van der Waals surface area contributed by atoms with Crippen molar-refractivity contribution in [3.63, 3.8) is 0 Å². The van der Waals surface area contributed by atoms with E-state index in [0.29, 0.717) is 0 Å². The van der Waals surface area contributed by atoms with Crippen LogP contribution < -0.4 is 0 Å². The quantitative estimate of drug-likeness (QED) is 0.169. The molecule has 0 spiro atoms. The molecular formula is C20H54Ga2I2Si6. The van der Waals surface area contributed by atoms with Crippen LogP contribution in [0.5, 0.6) is 0 Å². The van der Waals surface area contributed by atoms with Crippen LogP contribution in [0.3, 0.4) is 0 Å². The second-order valence-corrected chi connectivity index (χ2v) is 68.4. The van der Waals surface area contributed by atoms with Gasteiger partial charge in [0.15, 0.2) is 0 Å². The van der Waals surface area contributed by atoms with Crippen LogP contribution in [-0.4, -0.2) is 76.2 Å². The molecule has 0 N–H and O–H groups in total. The molecule has 10 heteroatoms. The van der Waals surface area contributed by atoms with Gasteiger partial charge in [0.05, 0.1) is 0 Å². The summed E-state index contributed by atoms with van der Waals surface area (Å²) in [5.74, 6) is 0. The first-order chi connectivity index (χ1) is 12.6. The predicted molar refractivity (Wildman–Crippen MR) is 185 cm³/mol. The third-order valence-corrected chi connectivity index (χ3v) is 115. The molecule has 0 heterocycles. The van der Waals surface area contributed by atoms with Crippen molar-refractivity contribution in [2.45, 2.75) is 124 Å². The first kappa shape index (κ1) is 36.2. The van der Waals surface area contributed by atoms with Crippen LogP contribution in [0, 0.1) is 0 Å². The Balaban J connectivity index is 0.